The maximum atomic E-state index is 13.2. The zero-order valence-corrected chi connectivity index (χ0v) is 17.0. The second kappa shape index (κ2) is 6.09. The van der Waals surface area contributed by atoms with Gasteiger partial charge in [-0.15, -0.1) is 10.2 Å². The number of rotatable bonds is 4. The van der Waals surface area contributed by atoms with Gasteiger partial charge < -0.3 is 4.42 Å². The Morgan fingerprint density at radius 2 is 1.70 bits per heavy atom. The zero-order chi connectivity index (χ0) is 18.9. The summed E-state index contributed by atoms with van der Waals surface area (Å²) in [6.45, 7) is 3.62. The largest absolute Gasteiger partial charge is 0.422 e. The molecule has 0 saturated heterocycles. The summed E-state index contributed by atoms with van der Waals surface area (Å²) in [6.07, 6.45) is 4.89. The van der Waals surface area contributed by atoms with Gasteiger partial charge in [0.1, 0.15) is 11.7 Å². The standard InChI is InChI=1S/C19H23BrF2N4O/c1-9-14(20)15(16(21)22)25-26(9)10(2)17-23-24-18(27-17)19-6-11-3-12(7-19)5-13(4-11)8-19/h10-13,16H,3-8H2,1-2H3/t10-,11?,12?,13?,19?/m0/s1. The molecule has 4 aliphatic carbocycles. The van der Waals surface area contributed by atoms with Crippen molar-refractivity contribution >= 4 is 15.9 Å². The summed E-state index contributed by atoms with van der Waals surface area (Å²) in [5, 5.41) is 12.8. The molecule has 1 atom stereocenters. The fourth-order valence-corrected chi connectivity index (χ4v) is 6.57. The van der Waals surface area contributed by atoms with Crippen LogP contribution < -0.4 is 0 Å². The van der Waals surface area contributed by atoms with Crippen molar-refractivity contribution < 1.29 is 13.2 Å². The summed E-state index contributed by atoms with van der Waals surface area (Å²) in [5.74, 6) is 3.58. The van der Waals surface area contributed by atoms with Crippen molar-refractivity contribution in [3.8, 4) is 0 Å². The first kappa shape index (κ1) is 17.8. The van der Waals surface area contributed by atoms with Crippen LogP contribution in [0.3, 0.4) is 0 Å². The predicted molar refractivity (Wildman–Crippen MR) is 97.6 cm³/mol. The van der Waals surface area contributed by atoms with Crippen LogP contribution in [0.5, 0.6) is 0 Å². The van der Waals surface area contributed by atoms with Crippen LogP contribution >= 0.6 is 15.9 Å². The second-order valence-corrected chi connectivity index (χ2v) is 9.64. The van der Waals surface area contributed by atoms with Gasteiger partial charge in [-0.3, -0.25) is 4.68 Å². The molecule has 146 valence electrons. The van der Waals surface area contributed by atoms with Crippen molar-refractivity contribution in [2.75, 3.05) is 0 Å². The Morgan fingerprint density at radius 1 is 1.11 bits per heavy atom. The molecule has 0 aromatic carbocycles. The molecule has 8 heteroatoms. The Kier molecular flexibility index (Phi) is 4.01. The smallest absolute Gasteiger partial charge is 0.283 e. The fraction of sp³-hybridized carbons (Fsp3) is 0.737. The molecule has 6 rings (SSSR count). The molecule has 2 aromatic rings. The van der Waals surface area contributed by atoms with Crippen LogP contribution in [-0.2, 0) is 5.41 Å². The van der Waals surface area contributed by atoms with Crippen LogP contribution in [0.2, 0.25) is 0 Å². The van der Waals surface area contributed by atoms with Crippen LogP contribution in [0, 0.1) is 24.7 Å². The Bertz CT molecular complexity index is 842. The Hall–Kier alpha value is -1.31. The summed E-state index contributed by atoms with van der Waals surface area (Å²) >= 11 is 3.23. The minimum absolute atomic E-state index is 0.0353. The monoisotopic (exact) mass is 440 g/mol. The van der Waals surface area contributed by atoms with Gasteiger partial charge >= 0.3 is 0 Å². The molecule has 4 fully saturated rings. The first-order chi connectivity index (χ1) is 12.9. The van der Waals surface area contributed by atoms with Gasteiger partial charge in [-0.1, -0.05) is 0 Å². The first-order valence-corrected chi connectivity index (χ1v) is 10.5. The third-order valence-electron chi connectivity index (χ3n) is 6.97. The molecule has 2 aromatic heterocycles. The molecule has 0 spiro atoms. The van der Waals surface area contributed by atoms with E-state index in [1.807, 2.05) is 6.92 Å². The van der Waals surface area contributed by atoms with Gasteiger partial charge in [-0.25, -0.2) is 8.78 Å². The molecule has 27 heavy (non-hydrogen) atoms. The van der Waals surface area contributed by atoms with Gasteiger partial charge in [0.15, 0.2) is 0 Å². The maximum absolute atomic E-state index is 13.2. The Morgan fingerprint density at radius 3 is 2.22 bits per heavy atom. The molecule has 0 radical (unpaired) electrons. The normalized spacial score (nSPS) is 33.2. The van der Waals surface area contributed by atoms with Crippen LogP contribution in [-0.4, -0.2) is 20.0 Å². The van der Waals surface area contributed by atoms with Crippen LogP contribution in [0.1, 0.15) is 81.1 Å². The lowest BCUT2D eigenvalue weighted by Crippen LogP contribution is -2.48. The van der Waals surface area contributed by atoms with E-state index in [0.29, 0.717) is 16.1 Å². The van der Waals surface area contributed by atoms with E-state index in [4.69, 9.17) is 4.42 Å². The van der Waals surface area contributed by atoms with Crippen molar-refractivity contribution in [3.63, 3.8) is 0 Å². The van der Waals surface area contributed by atoms with E-state index in [9.17, 15) is 8.78 Å². The van der Waals surface area contributed by atoms with Crippen molar-refractivity contribution in [1.29, 1.82) is 0 Å². The van der Waals surface area contributed by atoms with E-state index < -0.39 is 6.43 Å². The SMILES string of the molecule is Cc1c(Br)c(C(F)F)nn1[C@@H](C)c1nnc(C23CC4CC(CC(C4)C2)C3)o1. The lowest BCUT2D eigenvalue weighted by molar-refractivity contribution is -0.0184. The van der Waals surface area contributed by atoms with Crippen molar-refractivity contribution in [2.24, 2.45) is 17.8 Å². The third-order valence-corrected chi connectivity index (χ3v) is 7.95. The number of nitrogens with zero attached hydrogens (tertiary/aromatic N) is 4. The Labute approximate surface area is 165 Å². The van der Waals surface area contributed by atoms with Gasteiger partial charge in [0.2, 0.25) is 11.8 Å². The minimum atomic E-state index is -2.63. The minimum Gasteiger partial charge on any atom is -0.422 e. The number of hydrogen-bond donors (Lipinski definition) is 0. The predicted octanol–water partition coefficient (Wildman–Crippen LogP) is 5.35. The fourth-order valence-electron chi connectivity index (χ4n) is 6.13. The molecule has 5 nitrogen and oxygen atoms in total. The topological polar surface area (TPSA) is 56.7 Å². The highest BCUT2D eigenvalue weighted by Gasteiger charge is 2.54. The highest BCUT2D eigenvalue weighted by molar-refractivity contribution is 9.10. The summed E-state index contributed by atoms with van der Waals surface area (Å²) < 4.78 is 34.4. The number of alkyl halides is 2. The van der Waals surface area contributed by atoms with E-state index in [1.54, 1.807) is 11.6 Å². The molecule has 4 bridgehead atoms. The molecule has 0 amide bonds. The quantitative estimate of drug-likeness (QED) is 0.642. The molecule has 0 aliphatic heterocycles. The van der Waals surface area contributed by atoms with E-state index in [1.165, 1.54) is 19.3 Å². The first-order valence-electron chi connectivity index (χ1n) is 9.73. The van der Waals surface area contributed by atoms with Crippen molar-refractivity contribution in [2.45, 2.75) is 70.3 Å². The summed E-state index contributed by atoms with van der Waals surface area (Å²) in [4.78, 5) is 0. The van der Waals surface area contributed by atoms with Crippen molar-refractivity contribution in [1.82, 2.24) is 20.0 Å². The highest BCUT2D eigenvalue weighted by atomic mass is 79.9. The van der Waals surface area contributed by atoms with Crippen LogP contribution in [0.4, 0.5) is 8.78 Å². The Balaban J connectivity index is 1.45. The zero-order valence-electron chi connectivity index (χ0n) is 15.5. The molecule has 4 aliphatic rings. The van der Waals surface area contributed by atoms with Crippen LogP contribution in [0.15, 0.2) is 8.89 Å². The molecule has 4 saturated carbocycles. The van der Waals surface area contributed by atoms with Gasteiger partial charge in [0.05, 0.1) is 10.2 Å². The molecule has 0 unspecified atom stereocenters. The lowest BCUT2D eigenvalue weighted by atomic mass is 9.49. The lowest BCUT2D eigenvalue weighted by Gasteiger charge is -2.55. The molecular weight excluding hydrogens is 418 g/mol. The average molecular weight is 441 g/mol. The van der Waals surface area contributed by atoms with E-state index in [0.717, 1.165) is 42.9 Å². The molecular formula is C19H23BrF2N4O. The average Bonchev–Trinajstić information content (AvgIpc) is 3.20. The number of halogens is 3. The summed E-state index contributed by atoms with van der Waals surface area (Å²) in [5.41, 5.74) is 0.417. The van der Waals surface area contributed by atoms with Gasteiger partial charge in [-0.05, 0) is 86.1 Å². The summed E-state index contributed by atoms with van der Waals surface area (Å²) in [6, 6.07) is -0.385. The van der Waals surface area contributed by atoms with E-state index in [2.05, 4.69) is 31.2 Å². The number of hydrogen-bond acceptors (Lipinski definition) is 4. The van der Waals surface area contributed by atoms with E-state index in [-0.39, 0.29) is 17.2 Å². The molecule has 2 heterocycles. The van der Waals surface area contributed by atoms with E-state index >= 15 is 0 Å². The highest BCUT2D eigenvalue weighted by Crippen LogP contribution is 2.60. The van der Waals surface area contributed by atoms with Crippen molar-refractivity contribution in [3.05, 3.63) is 27.6 Å². The molecule has 0 N–H and O–H groups in total. The maximum Gasteiger partial charge on any atom is 0.283 e. The van der Waals surface area contributed by atoms with Gasteiger partial charge in [-0.2, -0.15) is 5.10 Å². The van der Waals surface area contributed by atoms with Gasteiger partial charge in [0.25, 0.3) is 6.43 Å². The summed E-state index contributed by atoms with van der Waals surface area (Å²) in [7, 11) is 0. The van der Waals surface area contributed by atoms with Crippen LogP contribution in [0.25, 0.3) is 0 Å². The third kappa shape index (κ3) is 2.69. The second-order valence-electron chi connectivity index (χ2n) is 8.85. The number of aromatic nitrogens is 4. The van der Waals surface area contributed by atoms with Gasteiger partial charge in [0, 0.05) is 5.41 Å².